The van der Waals surface area contributed by atoms with Crippen molar-refractivity contribution in [3.8, 4) is 0 Å². The first-order valence-corrected chi connectivity index (χ1v) is 4.14. The number of rotatable bonds is 0. The highest BCUT2D eigenvalue weighted by atomic mass is 16.1. The highest BCUT2D eigenvalue weighted by Gasteiger charge is 2.02. The van der Waals surface area contributed by atoms with Crippen LogP contribution < -0.4 is 5.56 Å². The molecule has 1 N–H and O–H groups in total. The Morgan fingerprint density at radius 3 is 2.69 bits per heavy atom. The van der Waals surface area contributed by atoms with Crippen LogP contribution in [0.5, 0.6) is 0 Å². The van der Waals surface area contributed by atoms with Crippen LogP contribution in [0, 0.1) is 0 Å². The van der Waals surface area contributed by atoms with Crippen molar-refractivity contribution in [2.45, 2.75) is 13.8 Å². The Hall–Kier alpha value is -1.65. The van der Waals surface area contributed by atoms with E-state index >= 15 is 0 Å². The van der Waals surface area contributed by atoms with Crippen LogP contribution in [0.25, 0.3) is 11.2 Å². The van der Waals surface area contributed by atoms with E-state index in [9.17, 15) is 4.79 Å². The van der Waals surface area contributed by atoms with Crippen LogP contribution in [0.15, 0.2) is 17.4 Å². The summed E-state index contributed by atoms with van der Waals surface area (Å²) in [6.07, 6.45) is 2.93. The van der Waals surface area contributed by atoms with Gasteiger partial charge in [-0.3, -0.25) is 4.79 Å². The van der Waals surface area contributed by atoms with Crippen LogP contribution in [0.2, 0.25) is 0 Å². The van der Waals surface area contributed by atoms with E-state index in [0.717, 1.165) is 0 Å². The lowest BCUT2D eigenvalue weighted by atomic mass is 10.5. The molecule has 0 unspecified atom stereocenters. The predicted molar refractivity (Wildman–Crippen MR) is 50.5 cm³/mol. The summed E-state index contributed by atoms with van der Waals surface area (Å²) in [5.74, 6) is 0. The summed E-state index contributed by atoms with van der Waals surface area (Å²) in [6.45, 7) is 4.00. The topological polar surface area (TPSA) is 63.6 Å². The number of nitrogens with one attached hydrogen (secondary N) is 1. The summed E-state index contributed by atoms with van der Waals surface area (Å²) in [5.41, 5.74) is 0.791. The first-order valence-electron chi connectivity index (χ1n) is 4.14. The van der Waals surface area contributed by atoms with Gasteiger partial charge in [0.25, 0.3) is 5.56 Å². The Balaban J connectivity index is 0.000000396. The van der Waals surface area contributed by atoms with E-state index in [-0.39, 0.29) is 5.56 Å². The standard InChI is InChI=1S/C6H6N4O.C2H6/c1-10-3-9-4-5(10)7-2-8-6(4)11;1-2/h2-3H,1H3,(H,7,8,11);1-2H3. The Labute approximate surface area is 75.5 Å². The lowest BCUT2D eigenvalue weighted by Gasteiger charge is -1.88. The number of hydrogen-bond acceptors (Lipinski definition) is 3. The zero-order valence-corrected chi connectivity index (χ0v) is 7.90. The fourth-order valence-corrected chi connectivity index (χ4v) is 0.957. The Morgan fingerprint density at radius 1 is 1.38 bits per heavy atom. The third-order valence-electron chi connectivity index (χ3n) is 1.50. The molecule has 0 spiro atoms. The molecule has 13 heavy (non-hydrogen) atoms. The third-order valence-corrected chi connectivity index (χ3v) is 1.50. The molecule has 2 rings (SSSR count). The van der Waals surface area contributed by atoms with Crippen LogP contribution in [0.3, 0.4) is 0 Å². The molecule has 0 radical (unpaired) electrons. The second kappa shape index (κ2) is 3.84. The summed E-state index contributed by atoms with van der Waals surface area (Å²) in [5, 5.41) is 0. The smallest absolute Gasteiger partial charge is 0.278 e. The molecule has 5 nitrogen and oxygen atoms in total. The van der Waals surface area contributed by atoms with Gasteiger partial charge in [-0.1, -0.05) is 13.8 Å². The van der Waals surface area contributed by atoms with Gasteiger partial charge in [-0.25, -0.2) is 9.97 Å². The highest BCUT2D eigenvalue weighted by molar-refractivity contribution is 5.68. The third kappa shape index (κ3) is 1.58. The van der Waals surface area contributed by atoms with E-state index in [2.05, 4.69) is 15.0 Å². The van der Waals surface area contributed by atoms with Crippen molar-refractivity contribution in [3.63, 3.8) is 0 Å². The molecule has 0 amide bonds. The van der Waals surface area contributed by atoms with Gasteiger partial charge in [-0.05, 0) is 0 Å². The molecule has 0 aliphatic heterocycles. The van der Waals surface area contributed by atoms with Gasteiger partial charge in [-0.15, -0.1) is 0 Å². The average Bonchev–Trinajstić information content (AvgIpc) is 2.53. The minimum absolute atomic E-state index is 0.199. The minimum atomic E-state index is -0.199. The quantitative estimate of drug-likeness (QED) is 0.648. The van der Waals surface area contributed by atoms with E-state index in [1.807, 2.05) is 13.8 Å². The van der Waals surface area contributed by atoms with Gasteiger partial charge in [0.15, 0.2) is 11.2 Å². The van der Waals surface area contributed by atoms with Crippen molar-refractivity contribution in [2.75, 3.05) is 0 Å². The molecule has 0 aliphatic rings. The zero-order valence-electron chi connectivity index (χ0n) is 7.90. The molecule has 0 atom stereocenters. The second-order valence-electron chi connectivity index (χ2n) is 2.26. The summed E-state index contributed by atoms with van der Waals surface area (Å²) in [6, 6.07) is 0. The molecule has 0 bridgehead atoms. The van der Waals surface area contributed by atoms with E-state index in [1.54, 1.807) is 17.9 Å². The number of aromatic amines is 1. The minimum Gasteiger partial charge on any atom is -0.318 e. The molecule has 0 saturated heterocycles. The summed E-state index contributed by atoms with van der Waals surface area (Å²) in [4.78, 5) is 21.3. The Bertz CT molecular complexity index is 443. The number of imidazole rings is 1. The molecule has 70 valence electrons. The van der Waals surface area contributed by atoms with Gasteiger partial charge < -0.3 is 9.55 Å². The van der Waals surface area contributed by atoms with Crippen LogP contribution in [-0.2, 0) is 7.05 Å². The lowest BCUT2D eigenvalue weighted by molar-refractivity contribution is 0.927. The van der Waals surface area contributed by atoms with Crippen LogP contribution in [0.1, 0.15) is 13.8 Å². The Morgan fingerprint density at radius 2 is 2.08 bits per heavy atom. The average molecular weight is 180 g/mol. The van der Waals surface area contributed by atoms with E-state index in [0.29, 0.717) is 11.2 Å². The lowest BCUT2D eigenvalue weighted by Crippen LogP contribution is -2.06. The molecule has 5 heteroatoms. The molecule has 0 aliphatic carbocycles. The van der Waals surface area contributed by atoms with Gasteiger partial charge in [0.05, 0.1) is 12.7 Å². The monoisotopic (exact) mass is 180 g/mol. The van der Waals surface area contributed by atoms with Crippen molar-refractivity contribution in [1.82, 2.24) is 19.5 Å². The predicted octanol–water partition coefficient (Wildman–Crippen LogP) is 0.683. The molecule has 0 aromatic carbocycles. The number of aromatic nitrogens is 4. The first kappa shape index (κ1) is 9.44. The van der Waals surface area contributed by atoms with Crippen LogP contribution in [-0.4, -0.2) is 19.5 Å². The zero-order chi connectivity index (χ0) is 9.84. The summed E-state index contributed by atoms with van der Waals surface area (Å²) < 4.78 is 1.70. The molecule has 0 fully saturated rings. The fraction of sp³-hybridized carbons (Fsp3) is 0.375. The number of H-pyrrole nitrogens is 1. The maximum absolute atomic E-state index is 11.0. The van der Waals surface area contributed by atoms with Gasteiger partial charge in [0.1, 0.15) is 0 Å². The highest BCUT2D eigenvalue weighted by Crippen LogP contribution is 1.99. The molecular formula is C8H12N4O. The molecule has 2 aromatic rings. The van der Waals surface area contributed by atoms with Crippen LogP contribution >= 0.6 is 0 Å². The number of aryl methyl sites for hydroxylation is 1. The van der Waals surface area contributed by atoms with Gasteiger partial charge in [-0.2, -0.15) is 0 Å². The van der Waals surface area contributed by atoms with Gasteiger partial charge in [0.2, 0.25) is 0 Å². The molecule has 0 saturated carbocycles. The fourth-order valence-electron chi connectivity index (χ4n) is 0.957. The first-order chi connectivity index (χ1) is 6.29. The van der Waals surface area contributed by atoms with Crippen molar-refractivity contribution < 1.29 is 0 Å². The maximum atomic E-state index is 11.0. The summed E-state index contributed by atoms with van der Waals surface area (Å²) >= 11 is 0. The normalized spacial score (nSPS) is 9.46. The SMILES string of the molecule is CC.Cn1cnc2c(=O)[nH]cnc21. The van der Waals surface area contributed by atoms with Crippen molar-refractivity contribution in [3.05, 3.63) is 23.0 Å². The van der Waals surface area contributed by atoms with E-state index in [4.69, 9.17) is 0 Å². The number of fused-ring (bicyclic) bond motifs is 1. The van der Waals surface area contributed by atoms with E-state index in [1.165, 1.54) is 6.33 Å². The van der Waals surface area contributed by atoms with E-state index < -0.39 is 0 Å². The molecule has 2 aromatic heterocycles. The van der Waals surface area contributed by atoms with Gasteiger partial charge in [0, 0.05) is 7.05 Å². The number of hydrogen-bond donors (Lipinski definition) is 1. The van der Waals surface area contributed by atoms with Gasteiger partial charge >= 0.3 is 0 Å². The largest absolute Gasteiger partial charge is 0.318 e. The summed E-state index contributed by atoms with van der Waals surface area (Å²) in [7, 11) is 1.79. The van der Waals surface area contributed by atoms with Crippen molar-refractivity contribution in [1.29, 1.82) is 0 Å². The molecular weight excluding hydrogens is 168 g/mol. The Kier molecular flexibility index (Phi) is 2.79. The van der Waals surface area contributed by atoms with Crippen molar-refractivity contribution >= 4 is 11.2 Å². The van der Waals surface area contributed by atoms with Crippen LogP contribution in [0.4, 0.5) is 0 Å². The number of nitrogens with zero attached hydrogens (tertiary/aromatic N) is 3. The maximum Gasteiger partial charge on any atom is 0.278 e. The molecule has 2 heterocycles. The second-order valence-corrected chi connectivity index (χ2v) is 2.26. The van der Waals surface area contributed by atoms with Crippen molar-refractivity contribution in [2.24, 2.45) is 7.05 Å².